The van der Waals surface area contributed by atoms with Crippen molar-refractivity contribution in [1.82, 2.24) is 0 Å². The summed E-state index contributed by atoms with van der Waals surface area (Å²) in [5.74, 6) is -5.43. The first kappa shape index (κ1) is 29.9. The molecule has 5 rings (SSSR count). The molecule has 0 radical (unpaired) electrons. The molecule has 0 aromatic rings. The number of hydrogen-bond donors (Lipinski definition) is 0. The van der Waals surface area contributed by atoms with Crippen LogP contribution in [0.3, 0.4) is 0 Å². The topological polar surface area (TPSA) is 169 Å². The maximum absolute atomic E-state index is 12.9. The molecule has 0 bridgehead atoms. The first-order valence-corrected chi connectivity index (χ1v) is 13.6. The minimum Gasteiger partial charge on any atom is -0.360 e. The molecular formula is C25H40N2O13. The van der Waals surface area contributed by atoms with Gasteiger partial charge in [-0.15, -0.1) is 0 Å². The van der Waals surface area contributed by atoms with Crippen molar-refractivity contribution in [3.05, 3.63) is 20.2 Å². The smallest absolute Gasteiger partial charge is 0.253 e. The summed E-state index contributed by atoms with van der Waals surface area (Å²) < 4.78 is 54.6. The highest BCUT2D eigenvalue weighted by Crippen LogP contribution is 2.46. The van der Waals surface area contributed by atoms with E-state index in [0.717, 1.165) is 0 Å². The zero-order chi connectivity index (χ0) is 29.4. The molecule has 0 aromatic carbocycles. The van der Waals surface area contributed by atoms with Gasteiger partial charge in [-0.25, -0.2) is 0 Å². The van der Waals surface area contributed by atoms with Crippen LogP contribution in [0.4, 0.5) is 0 Å². The normalized spacial score (nSPS) is 42.5. The number of nitro groups is 2. The molecule has 10 atom stereocenters. The van der Waals surface area contributed by atoms with Gasteiger partial charge in [-0.1, -0.05) is 0 Å². The lowest BCUT2D eigenvalue weighted by atomic mass is 9.81. The van der Waals surface area contributed by atoms with Gasteiger partial charge in [-0.3, -0.25) is 20.2 Å². The molecule has 5 fully saturated rings. The number of rotatable bonds is 7. The van der Waals surface area contributed by atoms with Gasteiger partial charge in [-0.2, -0.15) is 0 Å². The summed E-state index contributed by atoms with van der Waals surface area (Å²) in [6, 6.07) is -1.63. The van der Waals surface area contributed by atoms with Gasteiger partial charge in [0.2, 0.25) is 6.54 Å². The number of fused-ring (bicyclic) bond motifs is 3. The van der Waals surface area contributed by atoms with Crippen LogP contribution in [-0.4, -0.2) is 108 Å². The second kappa shape index (κ2) is 10.0. The second-order valence-corrected chi connectivity index (χ2v) is 12.9. The Morgan fingerprint density at radius 1 is 0.650 bits per heavy atom. The molecule has 5 heterocycles. The van der Waals surface area contributed by atoms with E-state index in [2.05, 4.69) is 0 Å². The number of ether oxygens (including phenoxy) is 9. The molecule has 15 heteroatoms. The highest BCUT2D eigenvalue weighted by molar-refractivity contribution is 5.06. The largest absolute Gasteiger partial charge is 0.360 e. The molecule has 0 aliphatic carbocycles. The van der Waals surface area contributed by atoms with Gasteiger partial charge in [0.1, 0.15) is 48.6 Å². The molecule has 0 spiro atoms. The summed E-state index contributed by atoms with van der Waals surface area (Å²) in [6.07, 6.45) is -6.92. The molecule has 0 saturated carbocycles. The third-order valence-corrected chi connectivity index (χ3v) is 7.89. The first-order valence-electron chi connectivity index (χ1n) is 13.6. The van der Waals surface area contributed by atoms with E-state index in [-0.39, 0.29) is 13.2 Å². The Hall–Kier alpha value is -1.56. The van der Waals surface area contributed by atoms with E-state index < -0.39 is 100 Å². The van der Waals surface area contributed by atoms with Crippen molar-refractivity contribution >= 4 is 0 Å². The maximum atomic E-state index is 12.9. The Morgan fingerprint density at radius 2 is 1.18 bits per heavy atom. The highest BCUT2D eigenvalue weighted by atomic mass is 16.8. The van der Waals surface area contributed by atoms with E-state index in [1.807, 2.05) is 0 Å². The molecule has 15 nitrogen and oxygen atoms in total. The Morgan fingerprint density at radius 3 is 1.77 bits per heavy atom. The monoisotopic (exact) mass is 576 g/mol. The second-order valence-electron chi connectivity index (χ2n) is 12.9. The molecule has 5 saturated heterocycles. The van der Waals surface area contributed by atoms with Crippen molar-refractivity contribution in [2.45, 2.75) is 133 Å². The van der Waals surface area contributed by atoms with Crippen molar-refractivity contribution in [3.8, 4) is 0 Å². The van der Waals surface area contributed by atoms with Crippen LogP contribution in [0.1, 0.15) is 55.4 Å². The van der Waals surface area contributed by atoms with Crippen LogP contribution in [0.15, 0.2) is 0 Å². The van der Waals surface area contributed by atoms with Crippen LogP contribution >= 0.6 is 0 Å². The maximum Gasteiger partial charge on any atom is 0.253 e. The van der Waals surface area contributed by atoms with Gasteiger partial charge >= 0.3 is 0 Å². The van der Waals surface area contributed by atoms with Crippen LogP contribution in [0.2, 0.25) is 0 Å². The summed E-state index contributed by atoms with van der Waals surface area (Å²) in [7, 11) is 0. The molecule has 5 aliphatic heterocycles. The molecular weight excluding hydrogens is 536 g/mol. The molecule has 228 valence electrons. The standard InChI is InChI=1S/C25H40N2O13/c1-22(2)33-11-14(35-22)18-16(36-24(5,6)38-18)12(9-26(28)29)15(27(30)31)19-21-20(39-25(7,8)40-21)17-13(34-19)10-32-23(3,4)37-17/h12-21H,9-11H2,1-8H3/t12-,13+,14+,15-,16+,17+,18+,19-,20-,21+/m0/s1. The van der Waals surface area contributed by atoms with Crippen LogP contribution in [-0.2, 0) is 42.6 Å². The quantitative estimate of drug-likeness (QED) is 0.317. The Bertz CT molecular complexity index is 1000. The summed E-state index contributed by atoms with van der Waals surface area (Å²) in [5.41, 5.74) is 0. The first-order chi connectivity index (χ1) is 18.4. The Labute approximate surface area is 232 Å². The van der Waals surface area contributed by atoms with E-state index >= 15 is 0 Å². The van der Waals surface area contributed by atoms with Crippen LogP contribution in [0.25, 0.3) is 0 Å². The van der Waals surface area contributed by atoms with E-state index in [0.29, 0.717) is 0 Å². The fraction of sp³-hybridized carbons (Fsp3) is 1.00. The third kappa shape index (κ3) is 5.85. The van der Waals surface area contributed by atoms with Crippen LogP contribution in [0, 0.1) is 26.1 Å². The average Bonchev–Trinajstić information content (AvgIpc) is 3.43. The van der Waals surface area contributed by atoms with E-state index in [1.165, 1.54) is 0 Å². The molecule has 0 unspecified atom stereocenters. The van der Waals surface area contributed by atoms with E-state index in [4.69, 9.17) is 42.6 Å². The minimum absolute atomic E-state index is 0.0898. The Balaban J connectivity index is 1.51. The highest BCUT2D eigenvalue weighted by Gasteiger charge is 2.66. The van der Waals surface area contributed by atoms with Gasteiger partial charge in [0.05, 0.1) is 13.2 Å². The lowest BCUT2D eigenvalue weighted by molar-refractivity contribution is -0.574. The predicted octanol–water partition coefficient (Wildman–Crippen LogP) is 1.64. The minimum atomic E-state index is -1.63. The molecule has 0 N–H and O–H groups in total. The van der Waals surface area contributed by atoms with Gasteiger partial charge < -0.3 is 42.6 Å². The van der Waals surface area contributed by atoms with Crippen molar-refractivity contribution in [2.75, 3.05) is 19.8 Å². The SMILES string of the molecule is CC1(C)O[C@@H]2[C@H](O1)[C@H]([C@H]([C@H](C[N+](=O)[O-])[C@H]1OC(C)(C)O[C@@H]1[C@H]1COC(C)(C)O1)[N+](=O)[O-])O[C@@H]1COC(C)(C)O[C@@H]21. The number of hydrogen-bond acceptors (Lipinski definition) is 13. The summed E-state index contributed by atoms with van der Waals surface area (Å²) in [6.45, 7) is 13.1. The van der Waals surface area contributed by atoms with Crippen LogP contribution in [0.5, 0.6) is 0 Å². The molecule has 5 aliphatic rings. The molecule has 0 aromatic heterocycles. The lowest BCUT2D eigenvalue weighted by Crippen LogP contribution is -2.68. The van der Waals surface area contributed by atoms with Gasteiger partial charge in [0, 0.05) is 9.85 Å². The van der Waals surface area contributed by atoms with Gasteiger partial charge in [-0.05, 0) is 55.4 Å². The zero-order valence-electron chi connectivity index (χ0n) is 24.1. The summed E-state index contributed by atoms with van der Waals surface area (Å²) >= 11 is 0. The van der Waals surface area contributed by atoms with E-state index in [1.54, 1.807) is 55.4 Å². The van der Waals surface area contributed by atoms with Crippen molar-refractivity contribution in [1.29, 1.82) is 0 Å². The van der Waals surface area contributed by atoms with Crippen LogP contribution < -0.4 is 0 Å². The molecule has 0 amide bonds. The van der Waals surface area contributed by atoms with Gasteiger partial charge in [0.15, 0.2) is 29.3 Å². The fourth-order valence-electron chi connectivity index (χ4n) is 6.50. The zero-order valence-corrected chi connectivity index (χ0v) is 24.1. The van der Waals surface area contributed by atoms with Crippen molar-refractivity contribution in [3.63, 3.8) is 0 Å². The third-order valence-electron chi connectivity index (χ3n) is 7.89. The van der Waals surface area contributed by atoms with Crippen molar-refractivity contribution < 1.29 is 52.5 Å². The predicted molar refractivity (Wildman–Crippen MR) is 132 cm³/mol. The summed E-state index contributed by atoms with van der Waals surface area (Å²) in [5, 5.41) is 24.9. The number of nitrogens with zero attached hydrogens (tertiary/aromatic N) is 2. The summed E-state index contributed by atoms with van der Waals surface area (Å²) in [4.78, 5) is 23.7. The lowest BCUT2D eigenvalue weighted by Gasteiger charge is -2.49. The fourth-order valence-corrected chi connectivity index (χ4v) is 6.50. The van der Waals surface area contributed by atoms with E-state index in [9.17, 15) is 20.2 Å². The average molecular weight is 577 g/mol. The molecule has 40 heavy (non-hydrogen) atoms. The van der Waals surface area contributed by atoms with Crippen molar-refractivity contribution in [2.24, 2.45) is 5.92 Å². The van der Waals surface area contributed by atoms with Gasteiger partial charge in [0.25, 0.3) is 6.04 Å². The Kier molecular flexibility index (Phi) is 7.49.